The van der Waals surface area contributed by atoms with Gasteiger partial charge in [0.05, 0.1) is 13.2 Å². The fourth-order valence-electron chi connectivity index (χ4n) is 2.80. The Balaban J connectivity index is 1.85. The van der Waals surface area contributed by atoms with E-state index in [1.165, 1.54) is 0 Å². The molecule has 1 heterocycles. The number of nitrogens with zero attached hydrogens (tertiary/aromatic N) is 1. The highest BCUT2D eigenvalue weighted by atomic mass is 16.5. The van der Waals surface area contributed by atoms with Gasteiger partial charge >= 0.3 is 0 Å². The molecule has 1 amide bonds. The van der Waals surface area contributed by atoms with Gasteiger partial charge in [-0.1, -0.05) is 24.3 Å². The number of ether oxygens (including phenoxy) is 1. The lowest BCUT2D eigenvalue weighted by Gasteiger charge is -2.22. The Morgan fingerprint density at radius 2 is 1.70 bits per heavy atom. The third-order valence-corrected chi connectivity index (χ3v) is 4.15. The smallest absolute Gasteiger partial charge is 0.224 e. The maximum atomic E-state index is 12.5. The first kappa shape index (κ1) is 15.3. The van der Waals surface area contributed by atoms with Gasteiger partial charge in [-0.2, -0.15) is 0 Å². The summed E-state index contributed by atoms with van der Waals surface area (Å²) in [6.07, 6.45) is 9.26. The van der Waals surface area contributed by atoms with Gasteiger partial charge in [0.1, 0.15) is 5.75 Å². The molecule has 2 aromatic rings. The Labute approximate surface area is 136 Å². The van der Waals surface area contributed by atoms with Crippen molar-refractivity contribution in [3.8, 4) is 5.75 Å². The molecule has 1 aromatic carbocycles. The highest BCUT2D eigenvalue weighted by Crippen LogP contribution is 2.26. The molecule has 1 aliphatic rings. The predicted octanol–water partition coefficient (Wildman–Crippen LogP) is 3.26. The summed E-state index contributed by atoms with van der Waals surface area (Å²) in [5, 5.41) is 3.18. The van der Waals surface area contributed by atoms with Gasteiger partial charge in [0, 0.05) is 18.3 Å². The first-order valence-corrected chi connectivity index (χ1v) is 7.77. The average molecular weight is 308 g/mol. The summed E-state index contributed by atoms with van der Waals surface area (Å²) >= 11 is 0. The Morgan fingerprint density at radius 3 is 2.30 bits per heavy atom. The zero-order valence-electron chi connectivity index (χ0n) is 13.1. The van der Waals surface area contributed by atoms with E-state index in [0.29, 0.717) is 0 Å². The summed E-state index contributed by atoms with van der Waals surface area (Å²) in [4.78, 5) is 16.6. The van der Waals surface area contributed by atoms with Crippen LogP contribution in [0.4, 0.5) is 0 Å². The van der Waals surface area contributed by atoms with E-state index in [-0.39, 0.29) is 17.9 Å². The Kier molecular flexibility index (Phi) is 4.71. The standard InChI is InChI=1S/C19H20N2O2/c1-23-17-8-6-14(7-9-17)18(15-10-12-20-13-11-15)21-19(22)16-4-2-3-5-16/h2-3,6-13,16,18H,4-5H2,1H3,(H,21,22)/t18-/m1/s1. The minimum atomic E-state index is -0.183. The van der Waals surface area contributed by atoms with Crippen LogP contribution >= 0.6 is 0 Å². The number of methoxy groups -OCH3 is 1. The molecule has 0 saturated heterocycles. The molecule has 4 nitrogen and oxygen atoms in total. The Bertz CT molecular complexity index is 672. The van der Waals surface area contributed by atoms with Gasteiger partial charge < -0.3 is 10.1 Å². The molecular weight excluding hydrogens is 288 g/mol. The molecule has 4 heteroatoms. The Hall–Kier alpha value is -2.62. The van der Waals surface area contributed by atoms with E-state index >= 15 is 0 Å². The number of carbonyl (C=O) groups excluding carboxylic acids is 1. The lowest BCUT2D eigenvalue weighted by Crippen LogP contribution is -2.33. The Morgan fingerprint density at radius 1 is 1.09 bits per heavy atom. The summed E-state index contributed by atoms with van der Waals surface area (Å²) in [7, 11) is 1.64. The SMILES string of the molecule is COc1ccc([C@@H](NC(=O)C2CC=CC2)c2ccncc2)cc1. The third-order valence-electron chi connectivity index (χ3n) is 4.15. The van der Waals surface area contributed by atoms with Gasteiger partial charge in [0.25, 0.3) is 0 Å². The lowest BCUT2D eigenvalue weighted by atomic mass is 9.97. The molecule has 1 aromatic heterocycles. The highest BCUT2D eigenvalue weighted by molar-refractivity contribution is 5.80. The molecule has 1 N–H and O–H groups in total. The second-order valence-electron chi connectivity index (χ2n) is 5.64. The normalized spacial score (nSPS) is 15.3. The minimum absolute atomic E-state index is 0.0394. The van der Waals surface area contributed by atoms with Gasteiger partial charge in [-0.15, -0.1) is 0 Å². The van der Waals surface area contributed by atoms with Crippen molar-refractivity contribution >= 4 is 5.91 Å². The number of amides is 1. The van der Waals surface area contributed by atoms with Gasteiger partial charge in [0.15, 0.2) is 0 Å². The van der Waals surface area contributed by atoms with Crippen LogP contribution in [0.15, 0.2) is 60.9 Å². The number of rotatable bonds is 5. The van der Waals surface area contributed by atoms with Crippen molar-refractivity contribution in [2.75, 3.05) is 7.11 Å². The number of carbonyl (C=O) groups is 1. The van der Waals surface area contributed by atoms with Crippen molar-refractivity contribution in [2.45, 2.75) is 18.9 Å². The second kappa shape index (κ2) is 7.09. The van der Waals surface area contributed by atoms with E-state index in [1.807, 2.05) is 36.4 Å². The summed E-state index contributed by atoms with van der Waals surface area (Å²) in [6.45, 7) is 0. The second-order valence-corrected chi connectivity index (χ2v) is 5.64. The molecule has 118 valence electrons. The number of benzene rings is 1. The van der Waals surface area contributed by atoms with E-state index in [1.54, 1.807) is 19.5 Å². The molecule has 0 bridgehead atoms. The fourth-order valence-corrected chi connectivity index (χ4v) is 2.80. The van der Waals surface area contributed by atoms with Crippen LogP contribution in [-0.2, 0) is 4.79 Å². The van der Waals surface area contributed by atoms with Crippen molar-refractivity contribution < 1.29 is 9.53 Å². The van der Waals surface area contributed by atoms with Crippen LogP contribution in [-0.4, -0.2) is 18.0 Å². The van der Waals surface area contributed by atoms with Crippen LogP contribution in [0.5, 0.6) is 5.75 Å². The molecule has 1 aliphatic carbocycles. The van der Waals surface area contributed by atoms with Gasteiger partial charge in [-0.3, -0.25) is 9.78 Å². The number of hydrogen-bond donors (Lipinski definition) is 1. The average Bonchev–Trinajstić information content (AvgIpc) is 3.15. The van der Waals surface area contributed by atoms with Crippen LogP contribution in [0.2, 0.25) is 0 Å². The number of hydrogen-bond acceptors (Lipinski definition) is 3. The van der Waals surface area contributed by atoms with Crippen LogP contribution in [0.25, 0.3) is 0 Å². The van der Waals surface area contributed by atoms with Crippen molar-refractivity contribution in [3.05, 3.63) is 72.1 Å². The molecule has 0 radical (unpaired) electrons. The highest BCUT2D eigenvalue weighted by Gasteiger charge is 2.23. The van der Waals surface area contributed by atoms with E-state index in [9.17, 15) is 4.79 Å². The summed E-state index contributed by atoms with van der Waals surface area (Å²) in [5.41, 5.74) is 2.04. The number of nitrogens with one attached hydrogen (secondary N) is 1. The molecule has 0 saturated carbocycles. The monoisotopic (exact) mass is 308 g/mol. The van der Waals surface area contributed by atoms with Crippen molar-refractivity contribution in [1.82, 2.24) is 10.3 Å². The van der Waals surface area contributed by atoms with Crippen LogP contribution in [0, 0.1) is 5.92 Å². The van der Waals surface area contributed by atoms with Crippen LogP contribution < -0.4 is 10.1 Å². The van der Waals surface area contributed by atoms with E-state index in [4.69, 9.17) is 4.74 Å². The first-order valence-electron chi connectivity index (χ1n) is 7.77. The fraction of sp³-hybridized carbons (Fsp3) is 0.263. The maximum Gasteiger partial charge on any atom is 0.224 e. The minimum Gasteiger partial charge on any atom is -0.497 e. The largest absolute Gasteiger partial charge is 0.497 e. The van der Waals surface area contributed by atoms with E-state index in [0.717, 1.165) is 29.7 Å². The lowest BCUT2D eigenvalue weighted by molar-refractivity contribution is -0.125. The molecule has 0 unspecified atom stereocenters. The molecule has 0 spiro atoms. The summed E-state index contributed by atoms with van der Waals surface area (Å²) in [5.74, 6) is 0.929. The van der Waals surface area contributed by atoms with Gasteiger partial charge in [0.2, 0.25) is 5.91 Å². The van der Waals surface area contributed by atoms with E-state index < -0.39 is 0 Å². The maximum absolute atomic E-state index is 12.5. The molecule has 1 atom stereocenters. The third kappa shape index (κ3) is 3.59. The molecule has 0 aliphatic heterocycles. The molecular formula is C19H20N2O2. The quantitative estimate of drug-likeness (QED) is 0.863. The molecule has 0 fully saturated rings. The summed E-state index contributed by atoms with van der Waals surface area (Å²) < 4.78 is 5.21. The first-order chi connectivity index (χ1) is 11.3. The zero-order chi connectivity index (χ0) is 16.1. The van der Waals surface area contributed by atoms with Gasteiger partial charge in [-0.05, 0) is 48.2 Å². The number of allylic oxidation sites excluding steroid dienone is 2. The zero-order valence-corrected chi connectivity index (χ0v) is 13.1. The van der Waals surface area contributed by atoms with Crippen molar-refractivity contribution in [3.63, 3.8) is 0 Å². The molecule has 3 rings (SSSR count). The van der Waals surface area contributed by atoms with Crippen LogP contribution in [0.1, 0.15) is 30.0 Å². The number of aromatic nitrogens is 1. The van der Waals surface area contributed by atoms with E-state index in [2.05, 4.69) is 22.5 Å². The van der Waals surface area contributed by atoms with Crippen molar-refractivity contribution in [2.24, 2.45) is 5.92 Å². The number of pyridine rings is 1. The van der Waals surface area contributed by atoms with Crippen molar-refractivity contribution in [1.29, 1.82) is 0 Å². The topological polar surface area (TPSA) is 51.2 Å². The molecule has 23 heavy (non-hydrogen) atoms. The van der Waals surface area contributed by atoms with Crippen LogP contribution in [0.3, 0.4) is 0 Å². The summed E-state index contributed by atoms with van der Waals surface area (Å²) in [6, 6.07) is 11.5. The predicted molar refractivity (Wildman–Crippen MR) is 89.1 cm³/mol. The van der Waals surface area contributed by atoms with Gasteiger partial charge in [-0.25, -0.2) is 0 Å².